The predicted molar refractivity (Wildman–Crippen MR) is 81.2 cm³/mol. The molecule has 1 N–H and O–H groups in total. The van der Waals surface area contributed by atoms with Gasteiger partial charge in [-0.05, 0) is 5.56 Å². The van der Waals surface area contributed by atoms with Crippen molar-refractivity contribution >= 4 is 22.1 Å². The summed E-state index contributed by atoms with van der Waals surface area (Å²) in [6.07, 6.45) is 0.240. The average molecular weight is 342 g/mol. The van der Waals surface area contributed by atoms with Crippen LogP contribution in [0.4, 0.5) is 4.79 Å². The Kier molecular flexibility index (Phi) is 5.22. The van der Waals surface area contributed by atoms with Crippen LogP contribution < -0.4 is 0 Å². The van der Waals surface area contributed by atoms with Crippen LogP contribution in [0.1, 0.15) is 5.56 Å². The molecule has 1 atom stereocenters. The van der Waals surface area contributed by atoms with Crippen molar-refractivity contribution in [2.24, 2.45) is 0 Å². The van der Waals surface area contributed by atoms with Crippen molar-refractivity contribution in [1.82, 2.24) is 9.21 Å². The molecule has 1 fully saturated rings. The second kappa shape index (κ2) is 6.97. The average Bonchev–Trinajstić information content (AvgIpc) is 2.52. The number of carbonyl (C=O) groups is 2. The Hall–Kier alpha value is -2.13. The van der Waals surface area contributed by atoms with Gasteiger partial charge in [0, 0.05) is 19.6 Å². The van der Waals surface area contributed by atoms with E-state index in [0.29, 0.717) is 0 Å². The number of amides is 1. The molecule has 8 nitrogen and oxygen atoms in total. The monoisotopic (exact) mass is 342 g/mol. The Balaban J connectivity index is 2.02. The number of ether oxygens (including phenoxy) is 1. The largest absolute Gasteiger partial charge is 0.480 e. The Morgan fingerprint density at radius 1 is 1.26 bits per heavy atom. The summed E-state index contributed by atoms with van der Waals surface area (Å²) in [7, 11) is -3.51. The van der Waals surface area contributed by atoms with E-state index in [1.807, 2.05) is 6.07 Å². The highest BCUT2D eigenvalue weighted by Gasteiger charge is 2.38. The number of benzene rings is 1. The van der Waals surface area contributed by atoms with Crippen LogP contribution in [0.2, 0.25) is 0 Å². The van der Waals surface area contributed by atoms with Crippen LogP contribution in [0.5, 0.6) is 0 Å². The number of carboxylic acid groups (broad SMARTS) is 1. The fourth-order valence-corrected chi connectivity index (χ4v) is 3.12. The molecule has 1 aliphatic heterocycles. The quantitative estimate of drug-likeness (QED) is 0.847. The van der Waals surface area contributed by atoms with Gasteiger partial charge in [0.2, 0.25) is 10.0 Å². The molecule has 1 heterocycles. The maximum atomic E-state index is 12.1. The predicted octanol–water partition coefficient (Wildman–Crippen LogP) is 0.354. The van der Waals surface area contributed by atoms with Crippen molar-refractivity contribution in [3.63, 3.8) is 0 Å². The molecule has 0 spiro atoms. The van der Waals surface area contributed by atoms with Gasteiger partial charge in [-0.25, -0.2) is 18.0 Å². The van der Waals surface area contributed by atoms with E-state index in [-0.39, 0.29) is 26.2 Å². The van der Waals surface area contributed by atoms with E-state index in [2.05, 4.69) is 0 Å². The Bertz CT molecular complexity index is 676. The number of carboxylic acids is 1. The zero-order valence-electron chi connectivity index (χ0n) is 12.6. The molecule has 0 bridgehead atoms. The van der Waals surface area contributed by atoms with Gasteiger partial charge in [-0.2, -0.15) is 4.31 Å². The minimum Gasteiger partial charge on any atom is -0.480 e. The molecule has 1 saturated heterocycles. The highest BCUT2D eigenvalue weighted by molar-refractivity contribution is 7.88. The Morgan fingerprint density at radius 2 is 1.91 bits per heavy atom. The summed E-state index contributed by atoms with van der Waals surface area (Å²) in [6, 6.07) is 7.73. The van der Waals surface area contributed by atoms with E-state index < -0.39 is 28.1 Å². The Labute approximate surface area is 134 Å². The van der Waals surface area contributed by atoms with Crippen LogP contribution in [-0.2, 0) is 26.2 Å². The zero-order chi connectivity index (χ0) is 17.0. The first kappa shape index (κ1) is 17.2. The third kappa shape index (κ3) is 4.42. The lowest BCUT2D eigenvalue weighted by Crippen LogP contribution is -2.59. The van der Waals surface area contributed by atoms with E-state index >= 15 is 0 Å². The molecule has 126 valence electrons. The van der Waals surface area contributed by atoms with E-state index in [0.717, 1.165) is 21.0 Å². The molecule has 9 heteroatoms. The van der Waals surface area contributed by atoms with Crippen molar-refractivity contribution in [2.75, 3.05) is 25.9 Å². The van der Waals surface area contributed by atoms with Crippen LogP contribution in [0, 0.1) is 0 Å². The standard InChI is InChI=1S/C14H18N2O6S/c1-23(20,21)15-7-8-16(12(9-15)13(17)18)14(19)22-10-11-5-3-2-4-6-11/h2-6,12H,7-10H2,1H3,(H,17,18)/t12-/m1/s1. The van der Waals surface area contributed by atoms with Crippen molar-refractivity contribution in [2.45, 2.75) is 12.6 Å². The first-order valence-electron chi connectivity index (χ1n) is 6.94. The summed E-state index contributed by atoms with van der Waals surface area (Å²) in [5.74, 6) is -1.27. The minimum atomic E-state index is -3.51. The first-order valence-corrected chi connectivity index (χ1v) is 8.79. The highest BCUT2D eigenvalue weighted by atomic mass is 32.2. The summed E-state index contributed by atoms with van der Waals surface area (Å²) < 4.78 is 29.3. The van der Waals surface area contributed by atoms with E-state index in [4.69, 9.17) is 4.74 Å². The molecular formula is C14H18N2O6S. The van der Waals surface area contributed by atoms with E-state index in [9.17, 15) is 23.1 Å². The van der Waals surface area contributed by atoms with Gasteiger partial charge in [0.05, 0.1) is 6.26 Å². The molecule has 1 amide bonds. The number of hydrogen-bond acceptors (Lipinski definition) is 5. The van der Waals surface area contributed by atoms with Crippen molar-refractivity contribution in [1.29, 1.82) is 0 Å². The van der Waals surface area contributed by atoms with E-state index in [1.165, 1.54) is 0 Å². The van der Waals surface area contributed by atoms with Crippen molar-refractivity contribution < 1.29 is 27.9 Å². The SMILES string of the molecule is CS(=O)(=O)N1CCN(C(=O)OCc2ccccc2)[C@@H](C(=O)O)C1. The lowest BCUT2D eigenvalue weighted by molar-refractivity contribution is -0.144. The van der Waals surface area contributed by atoms with Gasteiger partial charge in [-0.1, -0.05) is 30.3 Å². The molecule has 1 aromatic carbocycles. The third-order valence-corrected chi connectivity index (χ3v) is 4.81. The number of hydrogen-bond donors (Lipinski definition) is 1. The van der Waals surface area contributed by atoms with Crippen LogP contribution in [0.15, 0.2) is 30.3 Å². The number of piperazine rings is 1. The summed E-state index contributed by atoms with van der Waals surface area (Å²) in [6.45, 7) is -0.242. The number of carbonyl (C=O) groups excluding carboxylic acids is 1. The summed E-state index contributed by atoms with van der Waals surface area (Å²) >= 11 is 0. The molecule has 0 saturated carbocycles. The van der Waals surface area contributed by atoms with Crippen LogP contribution in [0.25, 0.3) is 0 Å². The minimum absolute atomic E-state index is 0.0261. The summed E-state index contributed by atoms with van der Waals surface area (Å²) in [5.41, 5.74) is 0.780. The molecule has 0 aliphatic carbocycles. The Morgan fingerprint density at radius 3 is 2.48 bits per heavy atom. The molecule has 2 rings (SSSR count). The topological polar surface area (TPSA) is 104 Å². The van der Waals surface area contributed by atoms with E-state index in [1.54, 1.807) is 24.3 Å². The molecule has 0 unspecified atom stereocenters. The van der Waals surface area contributed by atoms with Gasteiger partial charge in [0.25, 0.3) is 0 Å². The maximum Gasteiger partial charge on any atom is 0.410 e. The number of rotatable bonds is 4. The first-order chi connectivity index (χ1) is 10.8. The lowest BCUT2D eigenvalue weighted by Gasteiger charge is -2.37. The van der Waals surface area contributed by atoms with Crippen LogP contribution >= 0.6 is 0 Å². The van der Waals surface area contributed by atoms with Gasteiger partial charge in [0.1, 0.15) is 12.6 Å². The fraction of sp³-hybridized carbons (Fsp3) is 0.429. The molecule has 0 radical (unpaired) electrons. The zero-order valence-corrected chi connectivity index (χ0v) is 13.4. The second-order valence-corrected chi connectivity index (χ2v) is 7.19. The maximum absolute atomic E-state index is 12.1. The van der Waals surface area contributed by atoms with Gasteiger partial charge in [-0.15, -0.1) is 0 Å². The fourth-order valence-electron chi connectivity index (χ4n) is 2.29. The summed E-state index contributed by atoms with van der Waals surface area (Å²) in [5, 5.41) is 9.26. The molecule has 1 aliphatic rings. The molecule has 1 aromatic rings. The van der Waals surface area contributed by atoms with Gasteiger partial charge >= 0.3 is 12.1 Å². The smallest absolute Gasteiger partial charge is 0.410 e. The number of nitrogens with zero attached hydrogens (tertiary/aromatic N) is 2. The van der Waals surface area contributed by atoms with Crippen LogP contribution in [0.3, 0.4) is 0 Å². The number of aliphatic carboxylic acids is 1. The number of sulfonamides is 1. The van der Waals surface area contributed by atoms with Crippen molar-refractivity contribution in [3.8, 4) is 0 Å². The normalized spacial score (nSPS) is 19.3. The summed E-state index contributed by atoms with van der Waals surface area (Å²) in [4.78, 5) is 24.5. The lowest BCUT2D eigenvalue weighted by atomic mass is 10.2. The van der Waals surface area contributed by atoms with Gasteiger partial charge in [-0.3, -0.25) is 4.90 Å². The molecule has 23 heavy (non-hydrogen) atoms. The highest BCUT2D eigenvalue weighted by Crippen LogP contribution is 2.15. The molecule has 0 aromatic heterocycles. The third-order valence-electron chi connectivity index (χ3n) is 3.54. The van der Waals surface area contributed by atoms with Crippen LogP contribution in [-0.4, -0.2) is 66.7 Å². The van der Waals surface area contributed by atoms with Gasteiger partial charge in [0.15, 0.2) is 0 Å². The second-order valence-electron chi connectivity index (χ2n) is 5.21. The van der Waals surface area contributed by atoms with Gasteiger partial charge < -0.3 is 9.84 Å². The van der Waals surface area contributed by atoms with Crippen molar-refractivity contribution in [3.05, 3.63) is 35.9 Å². The molecular weight excluding hydrogens is 324 g/mol.